The van der Waals surface area contributed by atoms with Crippen LogP contribution in [0.3, 0.4) is 0 Å². The first-order valence-electron chi connectivity index (χ1n) is 7.30. The quantitative estimate of drug-likeness (QED) is 0.877. The fourth-order valence-corrected chi connectivity index (χ4v) is 2.94. The molecule has 3 heteroatoms. The average Bonchev–Trinajstić information content (AvgIpc) is 3.15. The Bertz CT molecular complexity index is 468. The Balaban J connectivity index is 1.57. The number of hydrogen-bond acceptors (Lipinski definition) is 2. The molecule has 3 nitrogen and oxygen atoms in total. The molecule has 2 aliphatic rings. The summed E-state index contributed by atoms with van der Waals surface area (Å²) in [6.07, 6.45) is 4.80. The lowest BCUT2D eigenvalue weighted by Crippen LogP contribution is -2.37. The lowest BCUT2D eigenvalue weighted by Gasteiger charge is -2.25. The van der Waals surface area contributed by atoms with Gasteiger partial charge in [0, 0.05) is 7.05 Å². The highest BCUT2D eigenvalue weighted by Gasteiger charge is 2.28. The number of aryl methyl sites for hydroxylation is 1. The normalized spacial score (nSPS) is 21.2. The maximum absolute atomic E-state index is 12.2. The number of amides is 1. The van der Waals surface area contributed by atoms with Gasteiger partial charge in [0.2, 0.25) is 5.91 Å². The standard InChI is InChI=1S/C16H22N2O/c1-18(16(19)11-17-10-12-6-7-12)15-9-8-13-4-2-3-5-14(13)15/h2-5,12,15,17H,6-11H2,1H3. The molecule has 0 aliphatic heterocycles. The van der Waals surface area contributed by atoms with Crippen LogP contribution in [0.15, 0.2) is 24.3 Å². The Labute approximate surface area is 115 Å². The van der Waals surface area contributed by atoms with Crippen LogP contribution in [0.5, 0.6) is 0 Å². The van der Waals surface area contributed by atoms with Gasteiger partial charge in [0.15, 0.2) is 0 Å². The summed E-state index contributed by atoms with van der Waals surface area (Å²) in [5.74, 6) is 1.03. The van der Waals surface area contributed by atoms with Crippen molar-refractivity contribution in [3.05, 3.63) is 35.4 Å². The van der Waals surface area contributed by atoms with Gasteiger partial charge in [-0.05, 0) is 49.3 Å². The molecule has 102 valence electrons. The first-order chi connectivity index (χ1) is 9.25. The molecule has 1 fully saturated rings. The number of hydrogen-bond donors (Lipinski definition) is 1. The van der Waals surface area contributed by atoms with E-state index in [0.29, 0.717) is 6.54 Å². The lowest BCUT2D eigenvalue weighted by atomic mass is 10.1. The predicted octanol–water partition coefficient (Wildman–Crippen LogP) is 2.13. The van der Waals surface area contributed by atoms with Crippen molar-refractivity contribution in [2.45, 2.75) is 31.7 Å². The van der Waals surface area contributed by atoms with Crippen molar-refractivity contribution in [1.82, 2.24) is 10.2 Å². The third kappa shape index (κ3) is 2.81. The molecule has 1 amide bonds. The zero-order valence-electron chi connectivity index (χ0n) is 11.6. The van der Waals surface area contributed by atoms with Crippen molar-refractivity contribution < 1.29 is 4.79 Å². The molecule has 1 atom stereocenters. The van der Waals surface area contributed by atoms with Gasteiger partial charge < -0.3 is 10.2 Å². The molecular formula is C16H22N2O. The highest BCUT2D eigenvalue weighted by atomic mass is 16.2. The third-order valence-electron chi connectivity index (χ3n) is 4.37. The van der Waals surface area contributed by atoms with Crippen LogP contribution in [0.4, 0.5) is 0 Å². The molecule has 0 radical (unpaired) electrons. The van der Waals surface area contributed by atoms with Gasteiger partial charge in [0.1, 0.15) is 0 Å². The molecular weight excluding hydrogens is 236 g/mol. The van der Waals surface area contributed by atoms with Crippen LogP contribution in [-0.2, 0) is 11.2 Å². The summed E-state index contributed by atoms with van der Waals surface area (Å²) in [6.45, 7) is 1.48. The third-order valence-corrected chi connectivity index (χ3v) is 4.37. The minimum absolute atomic E-state index is 0.211. The minimum atomic E-state index is 0.211. The van der Waals surface area contributed by atoms with E-state index in [0.717, 1.165) is 25.3 Å². The van der Waals surface area contributed by atoms with E-state index in [9.17, 15) is 4.79 Å². The van der Waals surface area contributed by atoms with E-state index < -0.39 is 0 Å². The summed E-state index contributed by atoms with van der Waals surface area (Å²) in [6, 6.07) is 8.76. The molecule has 1 aromatic rings. The van der Waals surface area contributed by atoms with E-state index >= 15 is 0 Å². The zero-order valence-corrected chi connectivity index (χ0v) is 11.6. The molecule has 0 aromatic heterocycles. The van der Waals surface area contributed by atoms with Crippen LogP contribution < -0.4 is 5.32 Å². The average molecular weight is 258 g/mol. The van der Waals surface area contributed by atoms with Gasteiger partial charge in [-0.1, -0.05) is 24.3 Å². The van der Waals surface area contributed by atoms with Crippen molar-refractivity contribution in [3.63, 3.8) is 0 Å². The number of nitrogens with one attached hydrogen (secondary N) is 1. The van der Waals surface area contributed by atoms with Crippen molar-refractivity contribution >= 4 is 5.91 Å². The van der Waals surface area contributed by atoms with E-state index in [1.807, 2.05) is 11.9 Å². The van der Waals surface area contributed by atoms with E-state index in [2.05, 4.69) is 29.6 Å². The van der Waals surface area contributed by atoms with Crippen LogP contribution in [0.2, 0.25) is 0 Å². The fraction of sp³-hybridized carbons (Fsp3) is 0.562. The summed E-state index contributed by atoms with van der Waals surface area (Å²) in [5, 5.41) is 3.28. The highest BCUT2D eigenvalue weighted by Crippen LogP contribution is 2.34. The molecule has 1 aromatic carbocycles. The first-order valence-corrected chi connectivity index (χ1v) is 7.30. The van der Waals surface area contributed by atoms with Crippen molar-refractivity contribution in [2.24, 2.45) is 5.92 Å². The molecule has 3 rings (SSSR count). The summed E-state index contributed by atoms with van der Waals surface area (Å²) in [4.78, 5) is 14.1. The number of nitrogens with zero attached hydrogens (tertiary/aromatic N) is 1. The fourth-order valence-electron chi connectivity index (χ4n) is 2.94. The molecule has 1 N–H and O–H groups in total. The number of likely N-dealkylation sites (N-methyl/N-ethyl adjacent to an activating group) is 1. The minimum Gasteiger partial charge on any atom is -0.338 e. The monoisotopic (exact) mass is 258 g/mol. The number of fused-ring (bicyclic) bond motifs is 1. The van der Waals surface area contributed by atoms with Gasteiger partial charge in [-0.2, -0.15) is 0 Å². The van der Waals surface area contributed by atoms with E-state index in [-0.39, 0.29) is 11.9 Å². The molecule has 19 heavy (non-hydrogen) atoms. The topological polar surface area (TPSA) is 32.3 Å². The zero-order chi connectivity index (χ0) is 13.2. The van der Waals surface area contributed by atoms with Gasteiger partial charge in [0.25, 0.3) is 0 Å². The predicted molar refractivity (Wildman–Crippen MR) is 75.9 cm³/mol. The molecule has 2 aliphatic carbocycles. The van der Waals surface area contributed by atoms with Crippen LogP contribution in [0.25, 0.3) is 0 Å². The SMILES string of the molecule is CN(C(=O)CNCC1CC1)C1CCc2ccccc21. The molecule has 0 heterocycles. The Kier molecular flexibility index (Phi) is 3.56. The number of carbonyl (C=O) groups excluding carboxylic acids is 1. The molecule has 0 saturated heterocycles. The van der Waals surface area contributed by atoms with Crippen LogP contribution in [-0.4, -0.2) is 30.9 Å². The Morgan fingerprint density at radius 2 is 2.11 bits per heavy atom. The maximum atomic E-state index is 12.2. The maximum Gasteiger partial charge on any atom is 0.236 e. The number of carbonyl (C=O) groups is 1. The highest BCUT2D eigenvalue weighted by molar-refractivity contribution is 5.78. The second-order valence-electron chi connectivity index (χ2n) is 5.83. The molecule has 1 unspecified atom stereocenters. The van der Waals surface area contributed by atoms with Crippen LogP contribution in [0.1, 0.15) is 36.4 Å². The Morgan fingerprint density at radius 1 is 1.32 bits per heavy atom. The van der Waals surface area contributed by atoms with E-state index in [1.54, 1.807) is 0 Å². The van der Waals surface area contributed by atoms with Gasteiger partial charge >= 0.3 is 0 Å². The molecule has 0 spiro atoms. The van der Waals surface area contributed by atoms with Crippen molar-refractivity contribution in [1.29, 1.82) is 0 Å². The summed E-state index contributed by atoms with van der Waals surface area (Å²) in [5.41, 5.74) is 2.73. The van der Waals surface area contributed by atoms with Crippen molar-refractivity contribution in [2.75, 3.05) is 20.1 Å². The van der Waals surface area contributed by atoms with Crippen molar-refractivity contribution in [3.8, 4) is 0 Å². The molecule has 1 saturated carbocycles. The Hall–Kier alpha value is -1.35. The number of rotatable bonds is 5. The van der Waals surface area contributed by atoms with Crippen LogP contribution >= 0.6 is 0 Å². The summed E-state index contributed by atoms with van der Waals surface area (Å²) >= 11 is 0. The summed E-state index contributed by atoms with van der Waals surface area (Å²) < 4.78 is 0. The van der Waals surface area contributed by atoms with Crippen LogP contribution in [0, 0.1) is 5.92 Å². The Morgan fingerprint density at radius 3 is 2.89 bits per heavy atom. The second kappa shape index (κ2) is 5.33. The van der Waals surface area contributed by atoms with Gasteiger partial charge in [-0.15, -0.1) is 0 Å². The largest absolute Gasteiger partial charge is 0.338 e. The van der Waals surface area contributed by atoms with Gasteiger partial charge in [0.05, 0.1) is 12.6 Å². The first kappa shape index (κ1) is 12.7. The van der Waals surface area contributed by atoms with Gasteiger partial charge in [-0.25, -0.2) is 0 Å². The molecule has 0 bridgehead atoms. The smallest absolute Gasteiger partial charge is 0.236 e. The van der Waals surface area contributed by atoms with E-state index in [4.69, 9.17) is 0 Å². The number of benzene rings is 1. The second-order valence-corrected chi connectivity index (χ2v) is 5.83. The summed E-state index contributed by atoms with van der Waals surface area (Å²) in [7, 11) is 1.94. The van der Waals surface area contributed by atoms with Gasteiger partial charge in [-0.3, -0.25) is 4.79 Å². The lowest BCUT2D eigenvalue weighted by molar-refractivity contribution is -0.131. The van der Waals surface area contributed by atoms with E-state index in [1.165, 1.54) is 24.0 Å².